The van der Waals surface area contributed by atoms with E-state index in [0.717, 1.165) is 0 Å². The van der Waals surface area contributed by atoms with Crippen LogP contribution in [0.1, 0.15) is 10.4 Å². The number of hydrogen-bond donors (Lipinski definition) is 3. The summed E-state index contributed by atoms with van der Waals surface area (Å²) in [6.07, 6.45) is 0. The van der Waals surface area contributed by atoms with Crippen molar-refractivity contribution < 1.29 is 24.4 Å². The quantitative estimate of drug-likeness (QED) is 0.377. The third-order valence-corrected chi connectivity index (χ3v) is 3.66. The Bertz CT molecular complexity index is 921. The number of carboxylic acid groups (broad SMARTS) is 1. The molecule has 0 bridgehead atoms. The second kappa shape index (κ2) is 8.92. The summed E-state index contributed by atoms with van der Waals surface area (Å²) in [4.78, 5) is 33.2. The molecule has 0 fully saturated rings. The highest BCUT2D eigenvalue weighted by molar-refractivity contribution is 7.80. The van der Waals surface area contributed by atoms with E-state index in [2.05, 4.69) is 10.6 Å². The van der Waals surface area contributed by atoms with Gasteiger partial charge in [-0.3, -0.25) is 20.2 Å². The topological polar surface area (TPSA) is 131 Å². The normalized spacial score (nSPS) is 9.96. The van der Waals surface area contributed by atoms with Crippen LogP contribution in [0.3, 0.4) is 0 Å². The minimum Gasteiger partial charge on any atom is -0.478 e. The van der Waals surface area contributed by atoms with Gasteiger partial charge in [-0.2, -0.15) is 0 Å². The molecule has 140 valence electrons. The van der Waals surface area contributed by atoms with Gasteiger partial charge in [0.15, 0.2) is 17.5 Å². The lowest BCUT2D eigenvalue weighted by Crippen LogP contribution is -2.37. The van der Waals surface area contributed by atoms with Crippen LogP contribution in [-0.4, -0.2) is 33.6 Å². The Morgan fingerprint density at radius 2 is 1.96 bits per heavy atom. The fourth-order valence-electron chi connectivity index (χ4n) is 1.97. The summed E-state index contributed by atoms with van der Waals surface area (Å²) in [7, 11) is 0. The second-order valence-electron chi connectivity index (χ2n) is 5.02. The molecule has 2 rings (SSSR count). The predicted octanol–water partition coefficient (Wildman–Crippen LogP) is 2.84. The highest BCUT2D eigenvalue weighted by Crippen LogP contribution is 2.25. The Labute approximate surface area is 163 Å². The third kappa shape index (κ3) is 5.62. The first kappa shape index (κ1) is 20.1. The molecule has 2 aromatic carbocycles. The van der Waals surface area contributed by atoms with E-state index < -0.39 is 23.4 Å². The van der Waals surface area contributed by atoms with Gasteiger partial charge in [-0.1, -0.05) is 23.7 Å². The standard InChI is InChI=1S/C16H12ClN3O6S/c17-11-6-5-9(7-10(11)15(22)23)18-16(27)19-14(21)8-26-13-4-2-1-3-12(13)20(24)25/h1-7H,8H2,(H,22,23)(H2,18,19,21,27). The number of anilines is 1. The maximum absolute atomic E-state index is 11.9. The SMILES string of the molecule is O=C(COc1ccccc1[N+](=O)[O-])NC(=S)Nc1ccc(Cl)c(C(=O)O)c1. The number of ether oxygens (including phenoxy) is 1. The summed E-state index contributed by atoms with van der Waals surface area (Å²) in [5, 5.41) is 24.8. The Balaban J connectivity index is 1.93. The summed E-state index contributed by atoms with van der Waals surface area (Å²) in [5.74, 6) is -1.92. The third-order valence-electron chi connectivity index (χ3n) is 3.13. The second-order valence-corrected chi connectivity index (χ2v) is 5.83. The largest absolute Gasteiger partial charge is 0.478 e. The average Bonchev–Trinajstić information content (AvgIpc) is 2.61. The highest BCUT2D eigenvalue weighted by atomic mass is 35.5. The molecular weight excluding hydrogens is 398 g/mol. The average molecular weight is 410 g/mol. The number of halogens is 1. The number of nitrogens with one attached hydrogen (secondary N) is 2. The van der Waals surface area contributed by atoms with Crippen molar-refractivity contribution >= 4 is 52.2 Å². The van der Waals surface area contributed by atoms with Crippen LogP contribution in [0.5, 0.6) is 5.75 Å². The zero-order valence-electron chi connectivity index (χ0n) is 13.5. The van der Waals surface area contributed by atoms with Gasteiger partial charge in [0.05, 0.1) is 15.5 Å². The Hall–Kier alpha value is -3.24. The van der Waals surface area contributed by atoms with E-state index >= 15 is 0 Å². The number of amides is 1. The Kier molecular flexibility index (Phi) is 6.63. The van der Waals surface area contributed by atoms with Gasteiger partial charge in [0.25, 0.3) is 5.91 Å². The number of carboxylic acids is 1. The molecule has 11 heteroatoms. The maximum Gasteiger partial charge on any atom is 0.337 e. The van der Waals surface area contributed by atoms with Crippen molar-refractivity contribution in [1.82, 2.24) is 5.32 Å². The number of rotatable bonds is 6. The van der Waals surface area contributed by atoms with E-state index in [1.165, 1.54) is 42.5 Å². The van der Waals surface area contributed by atoms with Crippen LogP contribution in [0.25, 0.3) is 0 Å². The van der Waals surface area contributed by atoms with E-state index in [0.29, 0.717) is 5.69 Å². The fourth-order valence-corrected chi connectivity index (χ4v) is 2.40. The van der Waals surface area contributed by atoms with Crippen molar-refractivity contribution in [1.29, 1.82) is 0 Å². The Morgan fingerprint density at radius 3 is 2.63 bits per heavy atom. The summed E-state index contributed by atoms with van der Waals surface area (Å²) in [5.41, 5.74) is -0.0920. The molecule has 0 aliphatic rings. The van der Waals surface area contributed by atoms with Gasteiger partial charge in [-0.25, -0.2) is 4.79 Å². The lowest BCUT2D eigenvalue weighted by Gasteiger charge is -2.11. The van der Waals surface area contributed by atoms with Crippen molar-refractivity contribution in [3.63, 3.8) is 0 Å². The zero-order chi connectivity index (χ0) is 20.0. The first-order valence-corrected chi connectivity index (χ1v) is 8.06. The van der Waals surface area contributed by atoms with Gasteiger partial charge in [0.1, 0.15) is 0 Å². The summed E-state index contributed by atoms with van der Waals surface area (Å²) in [6.45, 7) is -0.506. The molecule has 27 heavy (non-hydrogen) atoms. The molecule has 0 aromatic heterocycles. The number of nitro benzene ring substituents is 1. The predicted molar refractivity (Wildman–Crippen MR) is 101 cm³/mol. The van der Waals surface area contributed by atoms with Gasteiger partial charge in [-0.15, -0.1) is 0 Å². The highest BCUT2D eigenvalue weighted by Gasteiger charge is 2.15. The van der Waals surface area contributed by atoms with Crippen molar-refractivity contribution in [3.05, 3.63) is 63.2 Å². The number of carbonyl (C=O) groups excluding carboxylic acids is 1. The molecule has 0 heterocycles. The molecule has 0 atom stereocenters. The number of thiocarbonyl (C=S) groups is 1. The van der Waals surface area contributed by atoms with Crippen LogP contribution in [0.2, 0.25) is 5.02 Å². The van der Waals surface area contributed by atoms with E-state index in [9.17, 15) is 19.7 Å². The van der Waals surface area contributed by atoms with E-state index in [4.69, 9.17) is 33.7 Å². The number of carbonyl (C=O) groups is 2. The summed E-state index contributed by atoms with van der Waals surface area (Å²) in [6, 6.07) is 9.73. The molecule has 0 radical (unpaired) electrons. The lowest BCUT2D eigenvalue weighted by atomic mass is 10.2. The minimum absolute atomic E-state index is 0.0553. The summed E-state index contributed by atoms with van der Waals surface area (Å²) >= 11 is 10.7. The Morgan fingerprint density at radius 1 is 1.26 bits per heavy atom. The molecule has 1 amide bonds. The van der Waals surface area contributed by atoms with E-state index in [1.54, 1.807) is 0 Å². The van der Waals surface area contributed by atoms with Gasteiger partial charge >= 0.3 is 11.7 Å². The number of benzene rings is 2. The molecule has 9 nitrogen and oxygen atoms in total. The maximum atomic E-state index is 11.9. The first-order valence-electron chi connectivity index (χ1n) is 7.28. The molecule has 0 aliphatic carbocycles. The number of nitro groups is 1. The molecule has 2 aromatic rings. The van der Waals surface area contributed by atoms with E-state index in [1.807, 2.05) is 0 Å². The van der Waals surface area contributed by atoms with Crippen LogP contribution < -0.4 is 15.4 Å². The molecule has 3 N–H and O–H groups in total. The number of aromatic carboxylic acids is 1. The van der Waals surface area contributed by atoms with Crippen molar-refractivity contribution in [2.75, 3.05) is 11.9 Å². The van der Waals surface area contributed by atoms with Crippen molar-refractivity contribution in [2.24, 2.45) is 0 Å². The molecule has 0 unspecified atom stereocenters. The van der Waals surface area contributed by atoms with E-state index in [-0.39, 0.29) is 27.1 Å². The van der Waals surface area contributed by atoms with Gasteiger partial charge in [-0.05, 0) is 36.5 Å². The van der Waals surface area contributed by atoms with Crippen LogP contribution >= 0.6 is 23.8 Å². The van der Waals surface area contributed by atoms with Gasteiger partial charge in [0, 0.05) is 11.8 Å². The van der Waals surface area contributed by atoms with Crippen LogP contribution in [-0.2, 0) is 4.79 Å². The van der Waals surface area contributed by atoms with Gasteiger partial charge < -0.3 is 15.2 Å². The van der Waals surface area contributed by atoms with Crippen molar-refractivity contribution in [3.8, 4) is 5.75 Å². The molecule has 0 saturated heterocycles. The lowest BCUT2D eigenvalue weighted by molar-refractivity contribution is -0.385. The smallest absolute Gasteiger partial charge is 0.337 e. The number of para-hydroxylation sites is 2. The summed E-state index contributed by atoms with van der Waals surface area (Å²) < 4.78 is 5.14. The van der Waals surface area contributed by atoms with Crippen LogP contribution in [0.4, 0.5) is 11.4 Å². The number of nitrogens with zero attached hydrogens (tertiary/aromatic N) is 1. The van der Waals surface area contributed by atoms with Gasteiger partial charge in [0.2, 0.25) is 0 Å². The van der Waals surface area contributed by atoms with Crippen molar-refractivity contribution in [2.45, 2.75) is 0 Å². The molecule has 0 aliphatic heterocycles. The van der Waals surface area contributed by atoms with Crippen LogP contribution in [0.15, 0.2) is 42.5 Å². The fraction of sp³-hybridized carbons (Fsp3) is 0.0625. The number of hydrogen-bond acceptors (Lipinski definition) is 6. The first-order chi connectivity index (χ1) is 12.8. The zero-order valence-corrected chi connectivity index (χ0v) is 15.0. The monoisotopic (exact) mass is 409 g/mol. The van der Waals surface area contributed by atoms with Crippen LogP contribution in [0, 0.1) is 10.1 Å². The molecule has 0 saturated carbocycles. The molecule has 0 spiro atoms. The minimum atomic E-state index is -1.21. The molecular formula is C16H12ClN3O6S.